The van der Waals surface area contributed by atoms with Crippen molar-refractivity contribution < 1.29 is 33.3 Å². The highest BCUT2D eigenvalue weighted by molar-refractivity contribution is 5.70. The van der Waals surface area contributed by atoms with E-state index in [9.17, 15) is 9.59 Å². The zero-order valence-corrected chi connectivity index (χ0v) is 22.8. The molecule has 2 unspecified atom stereocenters. The molecule has 0 amide bonds. The lowest BCUT2D eigenvalue weighted by molar-refractivity contribution is -0.172. The molecule has 3 fully saturated rings. The van der Waals surface area contributed by atoms with E-state index in [0.29, 0.717) is 38.0 Å². The third kappa shape index (κ3) is 10.1. The van der Waals surface area contributed by atoms with Crippen LogP contribution < -0.4 is 0 Å². The summed E-state index contributed by atoms with van der Waals surface area (Å²) in [6.07, 6.45) is 13.0. The topological polar surface area (TPSA) is 80.3 Å². The van der Waals surface area contributed by atoms with Crippen molar-refractivity contribution in [2.24, 2.45) is 5.92 Å². The monoisotopic (exact) mass is 508 g/mol. The molecule has 3 aliphatic rings. The number of rotatable bonds is 8. The second-order valence-corrected chi connectivity index (χ2v) is 11.2. The van der Waals surface area contributed by atoms with Gasteiger partial charge in [-0.1, -0.05) is 33.3 Å². The van der Waals surface area contributed by atoms with Crippen LogP contribution in [0.4, 0.5) is 0 Å². The molecule has 3 heterocycles. The van der Waals surface area contributed by atoms with Crippen LogP contribution in [0.25, 0.3) is 0 Å². The van der Waals surface area contributed by atoms with Crippen molar-refractivity contribution in [3.8, 4) is 0 Å². The summed E-state index contributed by atoms with van der Waals surface area (Å²) in [7, 11) is 1.74. The molecule has 0 aromatic heterocycles. The third-order valence-corrected chi connectivity index (χ3v) is 7.42. The Hall–Kier alpha value is -1.44. The summed E-state index contributed by atoms with van der Waals surface area (Å²) in [5.41, 5.74) is 0. The van der Waals surface area contributed by atoms with E-state index in [1.807, 2.05) is 6.08 Å². The zero-order chi connectivity index (χ0) is 25.9. The second kappa shape index (κ2) is 15.1. The van der Waals surface area contributed by atoms with Gasteiger partial charge >= 0.3 is 11.9 Å². The SMILES string of the molecule is CCCCC(=O)O[C@@H]1CC2C[C@H](OC)CC3CCC[C@@H](C[C@@H](/C=C/CC(C)C)OC(=O)C[C@H](C1)O2)O3. The fourth-order valence-electron chi connectivity index (χ4n) is 5.55. The minimum absolute atomic E-state index is 0.00873. The standard InChI is InChI=1S/C29H48O7/c1-5-6-13-28(30)36-26-17-25-16-24(32-4)15-22-12-8-11-21(33-22)14-23(10-7-9-20(2)3)35-29(31)19-27(18-26)34-25/h7,10,20-27H,5-6,8-9,11-19H2,1-4H3/b10-7+/t21-,22?,23+,24+,25?,26+,27-/m0/s1. The van der Waals surface area contributed by atoms with E-state index in [4.69, 9.17) is 23.7 Å². The lowest BCUT2D eigenvalue weighted by Crippen LogP contribution is -2.42. The molecule has 3 rings (SSSR count). The van der Waals surface area contributed by atoms with Crippen LogP contribution in [0.2, 0.25) is 0 Å². The fourth-order valence-corrected chi connectivity index (χ4v) is 5.55. The van der Waals surface area contributed by atoms with Gasteiger partial charge in [-0.15, -0.1) is 0 Å². The maximum atomic E-state index is 13.0. The molecule has 4 bridgehead atoms. The van der Waals surface area contributed by atoms with Gasteiger partial charge in [0.25, 0.3) is 0 Å². The Morgan fingerprint density at radius 3 is 2.39 bits per heavy atom. The second-order valence-electron chi connectivity index (χ2n) is 11.2. The number of esters is 2. The smallest absolute Gasteiger partial charge is 0.309 e. The van der Waals surface area contributed by atoms with Gasteiger partial charge in [0.05, 0.1) is 36.9 Å². The number of carbonyl (C=O) groups is 2. The maximum Gasteiger partial charge on any atom is 0.309 e. The number of hydrogen-bond donors (Lipinski definition) is 0. The number of ether oxygens (including phenoxy) is 5. The van der Waals surface area contributed by atoms with Crippen LogP contribution >= 0.6 is 0 Å². The van der Waals surface area contributed by atoms with E-state index in [-0.39, 0.29) is 61.1 Å². The number of allylic oxidation sites excluding steroid dienone is 1. The average Bonchev–Trinajstić information content (AvgIpc) is 2.81. The first kappa shape index (κ1) is 29.1. The van der Waals surface area contributed by atoms with Crippen LogP contribution in [-0.4, -0.2) is 61.8 Å². The van der Waals surface area contributed by atoms with Crippen molar-refractivity contribution in [1.82, 2.24) is 0 Å². The van der Waals surface area contributed by atoms with Gasteiger partial charge in [0.15, 0.2) is 0 Å². The predicted molar refractivity (Wildman–Crippen MR) is 138 cm³/mol. The molecule has 0 aliphatic carbocycles. The van der Waals surface area contributed by atoms with E-state index in [1.165, 1.54) is 0 Å². The van der Waals surface area contributed by atoms with Crippen LogP contribution in [0.15, 0.2) is 12.2 Å². The zero-order valence-electron chi connectivity index (χ0n) is 22.8. The van der Waals surface area contributed by atoms with Gasteiger partial charge in [-0.25, -0.2) is 0 Å². The lowest BCUT2D eigenvalue weighted by atomic mass is 9.92. The molecule has 0 aromatic rings. The number of cyclic esters (lactones) is 1. The number of fused-ring (bicyclic) bond motifs is 4. The van der Waals surface area contributed by atoms with E-state index < -0.39 is 0 Å². The van der Waals surface area contributed by atoms with Crippen molar-refractivity contribution in [2.75, 3.05) is 7.11 Å². The Kier molecular flexibility index (Phi) is 12.2. The molecule has 7 atom stereocenters. The van der Waals surface area contributed by atoms with E-state index >= 15 is 0 Å². The summed E-state index contributed by atoms with van der Waals surface area (Å²) in [5.74, 6) is 0.100. The van der Waals surface area contributed by atoms with Crippen molar-refractivity contribution in [3.63, 3.8) is 0 Å². The quantitative estimate of drug-likeness (QED) is 0.308. The summed E-state index contributed by atoms with van der Waals surface area (Å²) < 4.78 is 30.4. The van der Waals surface area contributed by atoms with Gasteiger partial charge in [-0.05, 0) is 56.9 Å². The molecule has 0 spiro atoms. The maximum absolute atomic E-state index is 13.0. The van der Waals surface area contributed by atoms with E-state index in [2.05, 4.69) is 26.8 Å². The molecule has 7 nitrogen and oxygen atoms in total. The van der Waals surface area contributed by atoms with Crippen molar-refractivity contribution in [2.45, 2.75) is 147 Å². The molecule has 0 radical (unpaired) electrons. The molecule has 0 saturated carbocycles. The highest BCUT2D eigenvalue weighted by Crippen LogP contribution is 2.32. The summed E-state index contributed by atoms with van der Waals surface area (Å²) >= 11 is 0. The number of unbranched alkanes of at least 4 members (excludes halogenated alkanes) is 1. The minimum Gasteiger partial charge on any atom is -0.462 e. The highest BCUT2D eigenvalue weighted by atomic mass is 16.6. The summed E-state index contributed by atoms with van der Waals surface area (Å²) in [6, 6.07) is 0. The Morgan fingerprint density at radius 1 is 1.00 bits per heavy atom. The van der Waals surface area contributed by atoms with Crippen molar-refractivity contribution in [1.29, 1.82) is 0 Å². The van der Waals surface area contributed by atoms with Crippen LogP contribution in [0.3, 0.4) is 0 Å². The first-order valence-corrected chi connectivity index (χ1v) is 14.2. The molecule has 36 heavy (non-hydrogen) atoms. The van der Waals surface area contributed by atoms with Crippen molar-refractivity contribution >= 4 is 11.9 Å². The van der Waals surface area contributed by atoms with E-state index in [0.717, 1.165) is 44.9 Å². The number of methoxy groups -OCH3 is 1. The molecule has 0 aromatic carbocycles. The van der Waals surface area contributed by atoms with Crippen molar-refractivity contribution in [3.05, 3.63) is 12.2 Å². The largest absolute Gasteiger partial charge is 0.462 e. The first-order valence-electron chi connectivity index (χ1n) is 14.2. The third-order valence-electron chi connectivity index (χ3n) is 7.42. The van der Waals surface area contributed by atoms with Crippen LogP contribution in [0, 0.1) is 5.92 Å². The highest BCUT2D eigenvalue weighted by Gasteiger charge is 2.36. The Bertz CT molecular complexity index is 706. The molecule has 206 valence electrons. The lowest BCUT2D eigenvalue weighted by Gasteiger charge is -2.38. The minimum atomic E-state index is -0.336. The molecule has 0 N–H and O–H groups in total. The fraction of sp³-hybridized carbons (Fsp3) is 0.862. The molecule has 7 heteroatoms. The van der Waals surface area contributed by atoms with Gasteiger partial charge in [0.1, 0.15) is 12.2 Å². The van der Waals surface area contributed by atoms with E-state index in [1.54, 1.807) is 7.11 Å². The van der Waals surface area contributed by atoms with Gasteiger partial charge in [0, 0.05) is 32.8 Å². The van der Waals surface area contributed by atoms with Crippen LogP contribution in [-0.2, 0) is 33.3 Å². The Morgan fingerprint density at radius 2 is 1.67 bits per heavy atom. The first-order chi connectivity index (χ1) is 17.3. The van der Waals surface area contributed by atoms with Crippen LogP contribution in [0.5, 0.6) is 0 Å². The molecule has 3 saturated heterocycles. The average molecular weight is 509 g/mol. The summed E-state index contributed by atoms with van der Waals surface area (Å²) in [5, 5.41) is 0. The summed E-state index contributed by atoms with van der Waals surface area (Å²) in [6.45, 7) is 6.41. The molecule has 3 aliphatic heterocycles. The van der Waals surface area contributed by atoms with Gasteiger partial charge < -0.3 is 23.7 Å². The van der Waals surface area contributed by atoms with Gasteiger partial charge in [-0.3, -0.25) is 9.59 Å². The molecular formula is C29H48O7. The normalized spacial score (nSPS) is 34.2. The molecular weight excluding hydrogens is 460 g/mol. The van der Waals surface area contributed by atoms with Gasteiger partial charge in [0.2, 0.25) is 0 Å². The Balaban J connectivity index is 1.75. The van der Waals surface area contributed by atoms with Gasteiger partial charge in [-0.2, -0.15) is 0 Å². The van der Waals surface area contributed by atoms with Crippen LogP contribution in [0.1, 0.15) is 104 Å². The predicted octanol–water partition coefficient (Wildman–Crippen LogP) is 5.68. The number of carbonyl (C=O) groups excluding carboxylic acids is 2. The Labute approximate surface area is 217 Å². The number of hydrogen-bond acceptors (Lipinski definition) is 7. The summed E-state index contributed by atoms with van der Waals surface area (Å²) in [4.78, 5) is 25.4.